The summed E-state index contributed by atoms with van der Waals surface area (Å²) >= 11 is 1.51. The van der Waals surface area contributed by atoms with E-state index in [0.717, 1.165) is 10.7 Å². The van der Waals surface area contributed by atoms with E-state index in [2.05, 4.69) is 31.1 Å². The van der Waals surface area contributed by atoms with Gasteiger partial charge in [-0.25, -0.2) is 4.98 Å². The number of piperazine rings is 1. The molecule has 0 saturated carbocycles. The van der Waals surface area contributed by atoms with Gasteiger partial charge in [-0.2, -0.15) is 0 Å². The second-order valence-electron chi connectivity index (χ2n) is 5.94. The van der Waals surface area contributed by atoms with Gasteiger partial charge in [0, 0.05) is 17.3 Å². The Morgan fingerprint density at radius 3 is 2.85 bits per heavy atom. The summed E-state index contributed by atoms with van der Waals surface area (Å²) in [6.07, 6.45) is 0. The molecule has 2 rings (SSSR count). The number of amides is 1. The van der Waals surface area contributed by atoms with Gasteiger partial charge < -0.3 is 10.4 Å². The lowest BCUT2D eigenvalue weighted by atomic mass is 9.93. The molecular formula is C13H19N3O3S. The molecule has 1 aromatic heterocycles. The predicted molar refractivity (Wildman–Crippen MR) is 75.7 cm³/mol. The smallest absolute Gasteiger partial charge is 0.322 e. The molecule has 1 fully saturated rings. The van der Waals surface area contributed by atoms with Crippen molar-refractivity contribution < 1.29 is 14.7 Å². The molecule has 1 aliphatic heterocycles. The highest BCUT2D eigenvalue weighted by molar-refractivity contribution is 7.09. The van der Waals surface area contributed by atoms with Gasteiger partial charge in [0.05, 0.1) is 18.8 Å². The minimum atomic E-state index is -0.919. The third-order valence-electron chi connectivity index (χ3n) is 3.22. The first kappa shape index (κ1) is 14.9. The van der Waals surface area contributed by atoms with Crippen molar-refractivity contribution in [3.05, 3.63) is 16.1 Å². The highest BCUT2D eigenvalue weighted by Gasteiger charge is 2.32. The number of carboxylic acid groups (broad SMARTS) is 1. The number of nitrogens with zero attached hydrogens (tertiary/aromatic N) is 2. The van der Waals surface area contributed by atoms with Gasteiger partial charge in [0.15, 0.2) is 0 Å². The van der Waals surface area contributed by atoms with Crippen molar-refractivity contribution in [2.45, 2.75) is 38.8 Å². The van der Waals surface area contributed by atoms with Gasteiger partial charge in [-0.3, -0.25) is 14.5 Å². The Morgan fingerprint density at radius 1 is 1.60 bits per heavy atom. The number of aromatic nitrogens is 1. The minimum Gasteiger partial charge on any atom is -0.480 e. The number of nitrogens with one attached hydrogen (secondary N) is 1. The van der Waals surface area contributed by atoms with Crippen molar-refractivity contribution in [1.29, 1.82) is 0 Å². The molecule has 1 atom stereocenters. The molecule has 1 aliphatic rings. The van der Waals surface area contributed by atoms with Crippen molar-refractivity contribution in [2.24, 2.45) is 0 Å². The summed E-state index contributed by atoms with van der Waals surface area (Å²) in [7, 11) is 0. The number of thiazole rings is 1. The van der Waals surface area contributed by atoms with E-state index in [-0.39, 0.29) is 24.4 Å². The molecule has 1 saturated heterocycles. The zero-order valence-corrected chi connectivity index (χ0v) is 12.7. The van der Waals surface area contributed by atoms with Crippen molar-refractivity contribution in [1.82, 2.24) is 15.2 Å². The molecule has 20 heavy (non-hydrogen) atoms. The van der Waals surface area contributed by atoms with E-state index in [9.17, 15) is 14.7 Å². The number of aliphatic carboxylic acids is 1. The molecule has 0 radical (unpaired) electrons. The Hall–Kier alpha value is -1.47. The van der Waals surface area contributed by atoms with E-state index in [1.165, 1.54) is 11.3 Å². The third kappa shape index (κ3) is 3.34. The first-order chi connectivity index (χ1) is 9.27. The van der Waals surface area contributed by atoms with Crippen LogP contribution in [0.4, 0.5) is 0 Å². The Kier molecular flexibility index (Phi) is 4.10. The maximum atomic E-state index is 11.4. The van der Waals surface area contributed by atoms with Crippen LogP contribution in [0, 0.1) is 0 Å². The van der Waals surface area contributed by atoms with E-state index >= 15 is 0 Å². The third-order valence-corrected chi connectivity index (χ3v) is 4.06. The van der Waals surface area contributed by atoms with Crippen molar-refractivity contribution in [2.75, 3.05) is 13.1 Å². The summed E-state index contributed by atoms with van der Waals surface area (Å²) < 4.78 is 0. The van der Waals surface area contributed by atoms with E-state index in [1.807, 2.05) is 5.38 Å². The van der Waals surface area contributed by atoms with Gasteiger partial charge in [-0.15, -0.1) is 11.3 Å². The zero-order valence-electron chi connectivity index (χ0n) is 11.8. The second-order valence-corrected chi connectivity index (χ2v) is 6.88. The first-order valence-corrected chi connectivity index (χ1v) is 7.34. The Labute approximate surface area is 121 Å². The molecule has 110 valence electrons. The summed E-state index contributed by atoms with van der Waals surface area (Å²) in [4.78, 5) is 28.9. The number of rotatable bonds is 3. The number of hydrogen-bond acceptors (Lipinski definition) is 5. The average Bonchev–Trinajstić information content (AvgIpc) is 2.76. The van der Waals surface area contributed by atoms with Crippen molar-refractivity contribution in [3.63, 3.8) is 0 Å². The van der Waals surface area contributed by atoms with Crippen LogP contribution in [0.1, 0.15) is 31.5 Å². The summed E-state index contributed by atoms with van der Waals surface area (Å²) in [5.41, 5.74) is 0.964. The van der Waals surface area contributed by atoms with Crippen LogP contribution in [-0.2, 0) is 21.5 Å². The van der Waals surface area contributed by atoms with Gasteiger partial charge in [0.2, 0.25) is 5.91 Å². The van der Waals surface area contributed by atoms with E-state index < -0.39 is 12.0 Å². The molecule has 2 heterocycles. The number of carbonyl (C=O) groups excluding carboxylic acids is 1. The van der Waals surface area contributed by atoms with Gasteiger partial charge in [-0.1, -0.05) is 20.8 Å². The maximum absolute atomic E-state index is 11.4. The molecule has 1 amide bonds. The van der Waals surface area contributed by atoms with Crippen molar-refractivity contribution >= 4 is 23.2 Å². The Morgan fingerprint density at radius 2 is 2.30 bits per heavy atom. The van der Waals surface area contributed by atoms with Crippen LogP contribution in [0.15, 0.2) is 5.38 Å². The van der Waals surface area contributed by atoms with Gasteiger partial charge in [-0.05, 0) is 0 Å². The van der Waals surface area contributed by atoms with Crippen LogP contribution in [0.5, 0.6) is 0 Å². The standard InChI is InChI=1S/C13H19N3O3S/c1-13(2,3)9-7-20-11(15-9)6-16-5-10(17)14-4-8(16)12(18)19/h7-8H,4-6H2,1-3H3,(H,14,17)(H,18,19). The fourth-order valence-corrected chi connectivity index (χ4v) is 3.05. The van der Waals surface area contributed by atoms with Gasteiger partial charge in [0.1, 0.15) is 11.0 Å². The SMILES string of the molecule is CC(C)(C)c1csc(CN2CC(=O)NCC2C(=O)O)n1. The average molecular weight is 297 g/mol. The lowest BCUT2D eigenvalue weighted by Crippen LogP contribution is -2.56. The molecule has 6 nitrogen and oxygen atoms in total. The summed E-state index contributed by atoms with van der Waals surface area (Å²) in [6, 6.07) is -0.685. The van der Waals surface area contributed by atoms with E-state index in [4.69, 9.17) is 0 Å². The molecule has 1 aromatic rings. The number of carbonyl (C=O) groups is 2. The van der Waals surface area contributed by atoms with Gasteiger partial charge >= 0.3 is 5.97 Å². The molecule has 0 aromatic carbocycles. The normalized spacial score (nSPS) is 20.8. The Bertz CT molecular complexity index is 521. The van der Waals surface area contributed by atoms with Crippen LogP contribution < -0.4 is 5.32 Å². The van der Waals surface area contributed by atoms with Crippen molar-refractivity contribution in [3.8, 4) is 0 Å². The highest BCUT2D eigenvalue weighted by atomic mass is 32.1. The van der Waals surface area contributed by atoms with Crippen LogP contribution in [-0.4, -0.2) is 46.0 Å². The summed E-state index contributed by atoms with van der Waals surface area (Å²) in [6.45, 7) is 6.89. The zero-order chi connectivity index (χ0) is 14.9. The quantitative estimate of drug-likeness (QED) is 0.863. The minimum absolute atomic E-state index is 0.0276. The predicted octanol–water partition coefficient (Wildman–Crippen LogP) is 0.826. The molecule has 0 aliphatic carbocycles. The molecule has 7 heteroatoms. The summed E-state index contributed by atoms with van der Waals surface area (Å²) in [5, 5.41) is 14.6. The molecule has 1 unspecified atom stereocenters. The topological polar surface area (TPSA) is 82.5 Å². The largest absolute Gasteiger partial charge is 0.480 e. The van der Waals surface area contributed by atoms with Crippen LogP contribution in [0.2, 0.25) is 0 Å². The van der Waals surface area contributed by atoms with Crippen LogP contribution in [0.25, 0.3) is 0 Å². The second kappa shape index (κ2) is 5.49. The fourth-order valence-electron chi connectivity index (χ4n) is 2.00. The van der Waals surface area contributed by atoms with Crippen LogP contribution >= 0.6 is 11.3 Å². The maximum Gasteiger partial charge on any atom is 0.322 e. The van der Waals surface area contributed by atoms with Gasteiger partial charge in [0.25, 0.3) is 0 Å². The Balaban J connectivity index is 2.12. The van der Waals surface area contributed by atoms with Crippen LogP contribution in [0.3, 0.4) is 0 Å². The monoisotopic (exact) mass is 297 g/mol. The molecule has 0 spiro atoms. The number of carboxylic acids is 1. The molecule has 2 N–H and O–H groups in total. The highest BCUT2D eigenvalue weighted by Crippen LogP contribution is 2.25. The fraction of sp³-hybridized carbons (Fsp3) is 0.615. The first-order valence-electron chi connectivity index (χ1n) is 6.46. The van der Waals surface area contributed by atoms with E-state index in [0.29, 0.717) is 6.54 Å². The summed E-state index contributed by atoms with van der Waals surface area (Å²) in [5.74, 6) is -1.06. The lowest BCUT2D eigenvalue weighted by molar-refractivity contribution is -0.146. The molecular weight excluding hydrogens is 278 g/mol. The molecule has 0 bridgehead atoms. The van der Waals surface area contributed by atoms with E-state index in [1.54, 1.807) is 4.90 Å². The number of hydrogen-bond donors (Lipinski definition) is 2. The lowest BCUT2D eigenvalue weighted by Gasteiger charge is -2.31.